The second-order valence-corrected chi connectivity index (χ2v) is 4.40. The molecule has 0 bridgehead atoms. The van der Waals surface area contributed by atoms with Gasteiger partial charge in [0, 0.05) is 0 Å². The Balaban J connectivity index is 3.12. The van der Waals surface area contributed by atoms with Crippen molar-refractivity contribution in [3.63, 3.8) is 0 Å². The van der Waals surface area contributed by atoms with Crippen LogP contribution in [0.25, 0.3) is 0 Å². The molecule has 0 fully saturated rings. The number of nitrogens with zero attached hydrogens (tertiary/aromatic N) is 1. The summed E-state index contributed by atoms with van der Waals surface area (Å²) in [6.45, 7) is 3.56. The van der Waals surface area contributed by atoms with Crippen molar-refractivity contribution in [3.8, 4) is 11.5 Å². The summed E-state index contributed by atoms with van der Waals surface area (Å²) in [5.41, 5.74) is 4.55. The predicted octanol–water partition coefficient (Wildman–Crippen LogP) is 1.13. The molecule has 0 heterocycles. The molecule has 0 aliphatic heterocycles. The summed E-state index contributed by atoms with van der Waals surface area (Å²) >= 11 is 0. The summed E-state index contributed by atoms with van der Waals surface area (Å²) in [6, 6.07) is 4.07. The molecule has 0 spiro atoms. The van der Waals surface area contributed by atoms with Crippen molar-refractivity contribution in [2.75, 3.05) is 0 Å². The van der Waals surface area contributed by atoms with Gasteiger partial charge in [-0.25, -0.2) is 0 Å². The summed E-state index contributed by atoms with van der Waals surface area (Å²) in [6.07, 6.45) is 0.815. The second-order valence-electron chi connectivity index (χ2n) is 4.40. The maximum atomic E-state index is 12.2. The van der Waals surface area contributed by atoms with E-state index in [-0.39, 0.29) is 17.1 Å². The van der Waals surface area contributed by atoms with Crippen LogP contribution >= 0.6 is 0 Å². The first-order valence-corrected chi connectivity index (χ1v) is 6.23. The summed E-state index contributed by atoms with van der Waals surface area (Å²) < 4.78 is 0. The molecule has 0 aliphatic rings. The van der Waals surface area contributed by atoms with Crippen LogP contribution < -0.4 is 11.1 Å². The second kappa shape index (κ2) is 6.14. The molecule has 0 saturated heterocycles. The molecule has 0 radical (unpaired) electrons. The SMILES string of the molecule is CCC(CC)(NC(=O)c1cccc(O)c1O)/C(N)=N/O. The Morgan fingerprint density at radius 2 is 1.95 bits per heavy atom. The monoisotopic (exact) mass is 281 g/mol. The minimum absolute atomic E-state index is 0.0815. The molecule has 0 aliphatic carbocycles. The molecule has 1 aromatic carbocycles. The number of nitrogens with one attached hydrogen (secondary N) is 1. The maximum Gasteiger partial charge on any atom is 0.255 e. The number of phenols is 2. The lowest BCUT2D eigenvalue weighted by atomic mass is 9.91. The van der Waals surface area contributed by atoms with Crippen molar-refractivity contribution in [1.29, 1.82) is 0 Å². The molecule has 110 valence electrons. The number of rotatable bonds is 5. The molecule has 1 aromatic rings. The van der Waals surface area contributed by atoms with Gasteiger partial charge < -0.3 is 26.5 Å². The third kappa shape index (κ3) is 2.76. The lowest BCUT2D eigenvalue weighted by Crippen LogP contribution is -2.56. The van der Waals surface area contributed by atoms with E-state index in [2.05, 4.69) is 10.5 Å². The van der Waals surface area contributed by atoms with Crippen molar-refractivity contribution < 1.29 is 20.2 Å². The quantitative estimate of drug-likeness (QED) is 0.182. The number of aromatic hydroxyl groups is 2. The van der Waals surface area contributed by atoms with Crippen molar-refractivity contribution >= 4 is 11.7 Å². The van der Waals surface area contributed by atoms with E-state index in [1.165, 1.54) is 18.2 Å². The minimum atomic E-state index is -1.01. The summed E-state index contributed by atoms with van der Waals surface area (Å²) in [7, 11) is 0. The number of oxime groups is 1. The highest BCUT2D eigenvalue weighted by atomic mass is 16.4. The van der Waals surface area contributed by atoms with E-state index < -0.39 is 17.2 Å². The largest absolute Gasteiger partial charge is 0.504 e. The lowest BCUT2D eigenvalue weighted by Gasteiger charge is -2.31. The van der Waals surface area contributed by atoms with Crippen LogP contribution in [0.15, 0.2) is 23.4 Å². The van der Waals surface area contributed by atoms with Crippen LogP contribution in [-0.2, 0) is 0 Å². The highest BCUT2D eigenvalue weighted by Gasteiger charge is 2.34. The van der Waals surface area contributed by atoms with Gasteiger partial charge in [0.1, 0.15) is 5.54 Å². The van der Waals surface area contributed by atoms with Crippen LogP contribution in [0.4, 0.5) is 0 Å². The number of amidine groups is 1. The Kier molecular flexibility index (Phi) is 4.79. The Morgan fingerprint density at radius 1 is 1.35 bits per heavy atom. The van der Waals surface area contributed by atoms with Gasteiger partial charge in [-0.15, -0.1) is 0 Å². The Hall–Kier alpha value is -2.44. The highest BCUT2D eigenvalue weighted by Crippen LogP contribution is 2.29. The summed E-state index contributed by atoms with van der Waals surface area (Å²) in [4.78, 5) is 12.2. The van der Waals surface area contributed by atoms with Gasteiger partial charge in [0.25, 0.3) is 5.91 Å². The van der Waals surface area contributed by atoms with Crippen LogP contribution in [-0.4, -0.2) is 32.7 Å². The van der Waals surface area contributed by atoms with Gasteiger partial charge in [-0.1, -0.05) is 25.1 Å². The molecule has 0 saturated carbocycles. The number of carbonyl (C=O) groups is 1. The minimum Gasteiger partial charge on any atom is -0.504 e. The van der Waals surface area contributed by atoms with Crippen LogP contribution in [0, 0.1) is 0 Å². The zero-order valence-corrected chi connectivity index (χ0v) is 11.4. The number of nitrogens with two attached hydrogens (primary N) is 1. The molecule has 1 rings (SSSR count). The number of benzene rings is 1. The molecular weight excluding hydrogens is 262 g/mol. The first-order valence-electron chi connectivity index (χ1n) is 6.23. The van der Waals surface area contributed by atoms with Gasteiger partial charge in [0.05, 0.1) is 5.56 Å². The van der Waals surface area contributed by atoms with Gasteiger partial charge in [-0.3, -0.25) is 4.79 Å². The maximum absolute atomic E-state index is 12.2. The van der Waals surface area contributed by atoms with Gasteiger partial charge >= 0.3 is 0 Å². The van der Waals surface area contributed by atoms with Gasteiger partial charge in [-0.2, -0.15) is 0 Å². The molecule has 1 amide bonds. The fraction of sp³-hybridized carbons (Fsp3) is 0.385. The molecule has 20 heavy (non-hydrogen) atoms. The van der Waals surface area contributed by atoms with Crippen LogP contribution in [0.3, 0.4) is 0 Å². The van der Waals surface area contributed by atoms with Crippen molar-refractivity contribution in [3.05, 3.63) is 23.8 Å². The number of phenolic OH excluding ortho intramolecular Hbond substituents is 2. The van der Waals surface area contributed by atoms with E-state index >= 15 is 0 Å². The van der Waals surface area contributed by atoms with Crippen molar-refractivity contribution in [1.82, 2.24) is 5.32 Å². The molecule has 0 aromatic heterocycles. The standard InChI is InChI=1S/C13H19N3O4/c1-3-13(4-2,12(14)16-20)15-11(19)8-6-5-7-9(17)10(8)18/h5-7,17-18,20H,3-4H2,1-2H3,(H2,14,16)(H,15,19). The number of hydrogen-bond acceptors (Lipinski definition) is 5. The third-order valence-corrected chi connectivity index (χ3v) is 3.42. The van der Waals surface area contributed by atoms with E-state index in [9.17, 15) is 15.0 Å². The van der Waals surface area contributed by atoms with Crippen LogP contribution in [0.2, 0.25) is 0 Å². The molecule has 7 heteroatoms. The topological polar surface area (TPSA) is 128 Å². The molecular formula is C13H19N3O4. The average Bonchev–Trinajstić information content (AvgIpc) is 2.46. The van der Waals surface area contributed by atoms with E-state index in [1.54, 1.807) is 13.8 Å². The Bertz CT molecular complexity index is 524. The number of carbonyl (C=O) groups excluding carboxylic acids is 1. The summed E-state index contributed by atoms with van der Waals surface area (Å²) in [5, 5.41) is 33.5. The first kappa shape index (κ1) is 15.6. The number of hydrogen-bond donors (Lipinski definition) is 5. The van der Waals surface area contributed by atoms with E-state index in [4.69, 9.17) is 10.9 Å². The average molecular weight is 281 g/mol. The Morgan fingerprint density at radius 3 is 2.45 bits per heavy atom. The predicted molar refractivity (Wildman–Crippen MR) is 74.0 cm³/mol. The van der Waals surface area contributed by atoms with Gasteiger partial charge in [0.2, 0.25) is 0 Å². The molecule has 6 N–H and O–H groups in total. The molecule has 7 nitrogen and oxygen atoms in total. The van der Waals surface area contributed by atoms with Gasteiger partial charge in [0.15, 0.2) is 17.3 Å². The van der Waals surface area contributed by atoms with Gasteiger partial charge in [-0.05, 0) is 25.0 Å². The van der Waals surface area contributed by atoms with E-state index in [0.717, 1.165) is 0 Å². The highest BCUT2D eigenvalue weighted by molar-refractivity contribution is 6.02. The zero-order chi connectivity index (χ0) is 15.3. The first-order chi connectivity index (χ1) is 9.41. The summed E-state index contributed by atoms with van der Waals surface area (Å²) in [5.74, 6) is -1.63. The molecule has 0 unspecified atom stereocenters. The van der Waals surface area contributed by atoms with E-state index in [0.29, 0.717) is 12.8 Å². The third-order valence-electron chi connectivity index (χ3n) is 3.42. The number of para-hydroxylation sites is 1. The van der Waals surface area contributed by atoms with Crippen LogP contribution in [0.5, 0.6) is 11.5 Å². The normalized spacial score (nSPS) is 12.2. The zero-order valence-electron chi connectivity index (χ0n) is 11.4. The van der Waals surface area contributed by atoms with Crippen LogP contribution in [0.1, 0.15) is 37.0 Å². The smallest absolute Gasteiger partial charge is 0.255 e. The fourth-order valence-corrected chi connectivity index (χ4v) is 1.95. The molecule has 0 atom stereocenters. The lowest BCUT2D eigenvalue weighted by molar-refractivity contribution is 0.0914. The van der Waals surface area contributed by atoms with Crippen molar-refractivity contribution in [2.24, 2.45) is 10.9 Å². The van der Waals surface area contributed by atoms with Crippen molar-refractivity contribution in [2.45, 2.75) is 32.2 Å². The van der Waals surface area contributed by atoms with E-state index in [1.807, 2.05) is 0 Å². The number of amides is 1. The Labute approximate surface area is 116 Å². The fourth-order valence-electron chi connectivity index (χ4n) is 1.95.